The topological polar surface area (TPSA) is 61.8 Å². The molecule has 1 saturated heterocycles. The molecule has 2 heterocycles. The number of hydrogen-bond acceptors (Lipinski definition) is 3. The lowest BCUT2D eigenvalue weighted by Crippen LogP contribution is -2.50. The molecule has 0 saturated carbocycles. The second-order valence-electron chi connectivity index (χ2n) is 6.21. The number of nitrogens with zero attached hydrogens (tertiary/aromatic N) is 1. The molecule has 2 unspecified atom stereocenters. The summed E-state index contributed by atoms with van der Waals surface area (Å²) in [6, 6.07) is 6.09. The van der Waals surface area contributed by atoms with Gasteiger partial charge in [-0.1, -0.05) is 17.7 Å². The minimum atomic E-state index is -0.0842. The van der Waals surface area contributed by atoms with Gasteiger partial charge in [-0.25, -0.2) is 4.79 Å². The molecule has 2 aliphatic heterocycles. The van der Waals surface area contributed by atoms with Crippen LogP contribution < -0.4 is 10.1 Å². The van der Waals surface area contributed by atoms with Crippen LogP contribution in [0.5, 0.6) is 5.75 Å². The Labute approximate surface area is 131 Å². The van der Waals surface area contributed by atoms with Gasteiger partial charge in [0.2, 0.25) is 0 Å². The van der Waals surface area contributed by atoms with Gasteiger partial charge < -0.3 is 20.1 Å². The van der Waals surface area contributed by atoms with Crippen molar-refractivity contribution in [2.75, 3.05) is 19.8 Å². The van der Waals surface area contributed by atoms with Gasteiger partial charge in [0.15, 0.2) is 0 Å². The van der Waals surface area contributed by atoms with Gasteiger partial charge in [0.1, 0.15) is 12.4 Å². The Morgan fingerprint density at radius 1 is 1.45 bits per heavy atom. The van der Waals surface area contributed by atoms with E-state index in [9.17, 15) is 9.90 Å². The highest BCUT2D eigenvalue weighted by molar-refractivity contribution is 5.75. The number of carbonyl (C=O) groups is 1. The van der Waals surface area contributed by atoms with Crippen LogP contribution in [0.2, 0.25) is 0 Å². The Morgan fingerprint density at radius 3 is 3.14 bits per heavy atom. The zero-order valence-electron chi connectivity index (χ0n) is 13.0. The van der Waals surface area contributed by atoms with E-state index in [1.165, 1.54) is 5.56 Å². The Kier molecular flexibility index (Phi) is 4.52. The molecule has 2 atom stereocenters. The van der Waals surface area contributed by atoms with Crippen LogP contribution in [-0.4, -0.2) is 41.8 Å². The molecular weight excluding hydrogens is 280 g/mol. The summed E-state index contributed by atoms with van der Waals surface area (Å²) in [7, 11) is 0. The summed E-state index contributed by atoms with van der Waals surface area (Å²) in [6.07, 6.45) is 3.80. The second-order valence-corrected chi connectivity index (χ2v) is 6.21. The van der Waals surface area contributed by atoms with Crippen molar-refractivity contribution in [3.8, 4) is 5.75 Å². The number of benzene rings is 1. The molecule has 22 heavy (non-hydrogen) atoms. The molecule has 0 bridgehead atoms. The maximum atomic E-state index is 12.6. The van der Waals surface area contributed by atoms with E-state index < -0.39 is 0 Å². The maximum absolute atomic E-state index is 12.6. The third kappa shape index (κ3) is 3.04. The quantitative estimate of drug-likeness (QED) is 0.901. The molecule has 5 heteroatoms. The van der Waals surface area contributed by atoms with Crippen LogP contribution in [0.1, 0.15) is 42.9 Å². The number of nitrogens with one attached hydrogen (secondary N) is 1. The van der Waals surface area contributed by atoms with Crippen molar-refractivity contribution in [1.29, 1.82) is 0 Å². The highest BCUT2D eigenvalue weighted by Gasteiger charge is 2.31. The number of aliphatic hydroxyl groups is 1. The van der Waals surface area contributed by atoms with Crippen LogP contribution in [0.4, 0.5) is 4.79 Å². The summed E-state index contributed by atoms with van der Waals surface area (Å²) >= 11 is 0. The van der Waals surface area contributed by atoms with E-state index in [1.54, 1.807) is 0 Å². The summed E-state index contributed by atoms with van der Waals surface area (Å²) in [6.45, 7) is 3.43. The SMILES string of the molecule is Cc1ccc2c(c1)C(NC(=O)N1CCCCC1CCO)CO2. The second kappa shape index (κ2) is 6.57. The standard InChI is InChI=1S/C17H24N2O3/c1-12-5-6-16-14(10-12)15(11-22-16)18-17(21)19-8-3-2-4-13(19)7-9-20/h5-6,10,13,15,20H,2-4,7-9,11H2,1H3,(H,18,21). The van der Waals surface area contributed by atoms with E-state index in [0.717, 1.165) is 37.1 Å². The van der Waals surface area contributed by atoms with Crippen molar-refractivity contribution in [2.45, 2.75) is 44.7 Å². The largest absolute Gasteiger partial charge is 0.491 e. The van der Waals surface area contributed by atoms with Gasteiger partial charge in [-0.05, 0) is 38.7 Å². The number of likely N-dealkylation sites (tertiary alicyclic amines) is 1. The maximum Gasteiger partial charge on any atom is 0.318 e. The number of aryl methyl sites for hydroxylation is 1. The van der Waals surface area contributed by atoms with Gasteiger partial charge in [-0.15, -0.1) is 0 Å². The van der Waals surface area contributed by atoms with E-state index >= 15 is 0 Å². The van der Waals surface area contributed by atoms with Gasteiger partial charge in [0, 0.05) is 24.8 Å². The van der Waals surface area contributed by atoms with Crippen molar-refractivity contribution in [2.24, 2.45) is 0 Å². The number of aliphatic hydroxyl groups excluding tert-OH is 1. The average Bonchev–Trinajstić information content (AvgIpc) is 2.90. The first-order chi connectivity index (χ1) is 10.7. The van der Waals surface area contributed by atoms with Crippen molar-refractivity contribution >= 4 is 6.03 Å². The molecule has 3 rings (SSSR count). The smallest absolute Gasteiger partial charge is 0.318 e. The molecule has 1 aromatic rings. The van der Waals surface area contributed by atoms with Crippen LogP contribution in [-0.2, 0) is 0 Å². The van der Waals surface area contributed by atoms with E-state index in [0.29, 0.717) is 13.0 Å². The predicted molar refractivity (Wildman–Crippen MR) is 84.0 cm³/mol. The van der Waals surface area contributed by atoms with E-state index in [2.05, 4.69) is 11.4 Å². The summed E-state index contributed by atoms with van der Waals surface area (Å²) < 4.78 is 5.66. The highest BCUT2D eigenvalue weighted by Crippen LogP contribution is 2.33. The predicted octanol–water partition coefficient (Wildman–Crippen LogP) is 2.38. The zero-order valence-corrected chi connectivity index (χ0v) is 13.0. The summed E-state index contributed by atoms with van der Waals surface area (Å²) in [4.78, 5) is 14.5. The molecule has 2 aliphatic rings. The lowest BCUT2D eigenvalue weighted by Gasteiger charge is -2.36. The number of hydrogen-bond donors (Lipinski definition) is 2. The van der Waals surface area contributed by atoms with Crippen LogP contribution in [0.3, 0.4) is 0 Å². The van der Waals surface area contributed by atoms with Gasteiger partial charge in [-0.3, -0.25) is 0 Å². The van der Waals surface area contributed by atoms with Crippen molar-refractivity contribution in [3.63, 3.8) is 0 Å². The molecular formula is C17H24N2O3. The van der Waals surface area contributed by atoms with Gasteiger partial charge in [0.25, 0.3) is 0 Å². The normalized spacial score (nSPS) is 23.8. The van der Waals surface area contributed by atoms with Crippen molar-refractivity contribution < 1.29 is 14.6 Å². The third-order valence-electron chi connectivity index (χ3n) is 4.59. The highest BCUT2D eigenvalue weighted by atomic mass is 16.5. The van der Waals surface area contributed by atoms with Crippen LogP contribution in [0, 0.1) is 6.92 Å². The Hall–Kier alpha value is -1.75. The lowest BCUT2D eigenvalue weighted by atomic mass is 10.00. The first-order valence-electron chi connectivity index (χ1n) is 8.10. The monoisotopic (exact) mass is 304 g/mol. The summed E-state index contributed by atoms with van der Waals surface area (Å²) in [5.74, 6) is 0.862. The number of fused-ring (bicyclic) bond motifs is 1. The van der Waals surface area contributed by atoms with Gasteiger partial charge in [0.05, 0.1) is 6.04 Å². The lowest BCUT2D eigenvalue weighted by molar-refractivity contribution is 0.128. The Bertz CT molecular complexity index is 545. The summed E-state index contributed by atoms with van der Waals surface area (Å²) in [5.41, 5.74) is 2.23. The molecule has 0 radical (unpaired) electrons. The zero-order chi connectivity index (χ0) is 15.5. The number of piperidine rings is 1. The number of rotatable bonds is 3. The van der Waals surface area contributed by atoms with Crippen molar-refractivity contribution in [3.05, 3.63) is 29.3 Å². The van der Waals surface area contributed by atoms with E-state index in [4.69, 9.17) is 4.74 Å². The molecule has 0 aromatic heterocycles. The van der Waals surface area contributed by atoms with Crippen LogP contribution in [0.15, 0.2) is 18.2 Å². The molecule has 2 N–H and O–H groups in total. The number of carbonyl (C=O) groups excluding carboxylic acids is 1. The molecule has 1 aromatic carbocycles. The fourth-order valence-corrected chi connectivity index (χ4v) is 3.40. The molecule has 1 fully saturated rings. The number of urea groups is 1. The Morgan fingerprint density at radius 2 is 2.32 bits per heavy atom. The van der Waals surface area contributed by atoms with Crippen LogP contribution >= 0.6 is 0 Å². The van der Waals surface area contributed by atoms with Crippen LogP contribution in [0.25, 0.3) is 0 Å². The number of ether oxygens (including phenoxy) is 1. The first kappa shape index (κ1) is 15.2. The fraction of sp³-hybridized carbons (Fsp3) is 0.588. The van der Waals surface area contributed by atoms with E-state index in [-0.39, 0.29) is 24.7 Å². The van der Waals surface area contributed by atoms with Gasteiger partial charge >= 0.3 is 6.03 Å². The summed E-state index contributed by atoms with van der Waals surface area (Å²) in [5, 5.41) is 12.3. The minimum absolute atomic E-state index is 0.0406. The Balaban J connectivity index is 1.68. The molecule has 5 nitrogen and oxygen atoms in total. The third-order valence-corrected chi connectivity index (χ3v) is 4.59. The number of amides is 2. The van der Waals surface area contributed by atoms with E-state index in [1.807, 2.05) is 24.0 Å². The molecule has 2 amide bonds. The minimum Gasteiger partial charge on any atom is -0.491 e. The van der Waals surface area contributed by atoms with Gasteiger partial charge in [-0.2, -0.15) is 0 Å². The average molecular weight is 304 g/mol. The molecule has 0 aliphatic carbocycles. The first-order valence-corrected chi connectivity index (χ1v) is 8.10. The molecule has 120 valence electrons. The fourth-order valence-electron chi connectivity index (χ4n) is 3.40. The van der Waals surface area contributed by atoms with Crippen molar-refractivity contribution in [1.82, 2.24) is 10.2 Å². The molecule has 0 spiro atoms.